The number of hydrogen-bond donors (Lipinski definition) is 0. The van der Waals surface area contributed by atoms with E-state index in [4.69, 9.17) is 21.1 Å². The van der Waals surface area contributed by atoms with Gasteiger partial charge in [-0.1, -0.05) is 37.3 Å². The summed E-state index contributed by atoms with van der Waals surface area (Å²) in [6, 6.07) is 3.18. The number of nitrogens with zero attached hydrogens (tertiary/aromatic N) is 2. The summed E-state index contributed by atoms with van der Waals surface area (Å²) in [7, 11) is 0. The highest BCUT2D eigenvalue weighted by atomic mass is 35.5. The number of halogens is 1. The van der Waals surface area contributed by atoms with Gasteiger partial charge in [0.25, 0.3) is 5.91 Å². The number of ether oxygens (including phenoxy) is 2. The van der Waals surface area contributed by atoms with Gasteiger partial charge in [0.15, 0.2) is 0 Å². The maximum Gasteiger partial charge on any atom is 0.341 e. The molecule has 0 N–H and O–H groups in total. The van der Waals surface area contributed by atoms with Crippen molar-refractivity contribution in [2.45, 2.75) is 71.0 Å². The van der Waals surface area contributed by atoms with Crippen molar-refractivity contribution in [2.24, 2.45) is 5.92 Å². The second-order valence-corrected chi connectivity index (χ2v) is 8.94. The van der Waals surface area contributed by atoms with Gasteiger partial charge >= 0.3 is 5.97 Å². The third-order valence-corrected chi connectivity index (χ3v) is 5.49. The first-order valence-electron chi connectivity index (χ1n) is 10.1. The van der Waals surface area contributed by atoms with Crippen molar-refractivity contribution in [2.75, 3.05) is 18.1 Å². The van der Waals surface area contributed by atoms with Crippen molar-refractivity contribution < 1.29 is 19.1 Å². The number of hydrogen-bond acceptors (Lipinski definition) is 5. The van der Waals surface area contributed by atoms with E-state index >= 15 is 0 Å². The highest BCUT2D eigenvalue weighted by molar-refractivity contribution is 6.32. The average molecular weight is 409 g/mol. The van der Waals surface area contributed by atoms with E-state index in [1.54, 1.807) is 37.8 Å². The molecule has 0 radical (unpaired) electrons. The molecule has 2 fully saturated rings. The Morgan fingerprint density at radius 1 is 1.25 bits per heavy atom. The highest BCUT2D eigenvalue weighted by Gasteiger charge is 2.34. The molecule has 2 heterocycles. The fourth-order valence-corrected chi connectivity index (χ4v) is 4.00. The van der Waals surface area contributed by atoms with Crippen LogP contribution in [0.15, 0.2) is 12.1 Å². The minimum atomic E-state index is -0.618. The molecule has 1 aromatic heterocycles. The van der Waals surface area contributed by atoms with E-state index in [0.29, 0.717) is 25.4 Å². The molecule has 0 aromatic carbocycles. The van der Waals surface area contributed by atoms with Crippen molar-refractivity contribution in [1.29, 1.82) is 0 Å². The summed E-state index contributed by atoms with van der Waals surface area (Å²) in [5.74, 6) is 0.551. The van der Waals surface area contributed by atoms with Crippen LogP contribution >= 0.6 is 11.6 Å². The molecule has 6 nitrogen and oxygen atoms in total. The van der Waals surface area contributed by atoms with Crippen molar-refractivity contribution in [3.63, 3.8) is 0 Å². The van der Waals surface area contributed by atoms with Gasteiger partial charge in [0, 0.05) is 19.6 Å². The Morgan fingerprint density at radius 3 is 2.61 bits per heavy atom. The Labute approximate surface area is 171 Å². The quantitative estimate of drug-likeness (QED) is 0.515. The molecule has 1 aliphatic carbocycles. The first-order chi connectivity index (χ1) is 13.2. The Kier molecular flexibility index (Phi) is 6.61. The fraction of sp³-hybridized carbons (Fsp3) is 0.667. The summed E-state index contributed by atoms with van der Waals surface area (Å²) in [4.78, 5) is 30.7. The molecule has 1 amide bonds. The molecule has 2 aliphatic rings. The molecule has 1 unspecified atom stereocenters. The van der Waals surface area contributed by atoms with E-state index in [9.17, 15) is 9.59 Å². The largest absolute Gasteiger partial charge is 0.456 e. The van der Waals surface area contributed by atoms with Crippen molar-refractivity contribution in [1.82, 2.24) is 4.98 Å². The smallest absolute Gasteiger partial charge is 0.341 e. The molecule has 3 rings (SSSR count). The van der Waals surface area contributed by atoms with E-state index in [1.807, 2.05) is 0 Å². The third kappa shape index (κ3) is 5.23. The van der Waals surface area contributed by atoms with Crippen molar-refractivity contribution >= 4 is 29.3 Å². The summed E-state index contributed by atoms with van der Waals surface area (Å²) in [5, 5.41) is 0.0325. The molecule has 0 bridgehead atoms. The van der Waals surface area contributed by atoms with Gasteiger partial charge in [-0.3, -0.25) is 9.69 Å². The molecular formula is C21H29ClN2O4. The predicted octanol–water partition coefficient (Wildman–Crippen LogP) is 4.39. The van der Waals surface area contributed by atoms with Crippen molar-refractivity contribution in [3.8, 4) is 0 Å². The zero-order valence-corrected chi connectivity index (χ0v) is 17.6. The van der Waals surface area contributed by atoms with Crippen LogP contribution < -0.4 is 4.90 Å². The molecule has 154 valence electrons. The van der Waals surface area contributed by atoms with Gasteiger partial charge in [-0.25, -0.2) is 9.78 Å². The van der Waals surface area contributed by atoms with E-state index < -0.39 is 17.7 Å². The van der Waals surface area contributed by atoms with E-state index in [1.165, 1.54) is 25.7 Å². The van der Waals surface area contributed by atoms with Crippen LogP contribution in [0.3, 0.4) is 0 Å². The molecule has 1 saturated carbocycles. The van der Waals surface area contributed by atoms with E-state index in [2.05, 4.69) is 4.98 Å². The lowest BCUT2D eigenvalue weighted by Gasteiger charge is -2.20. The SMILES string of the molecule is CC(C)(C)OC(=O)c1ccc(N2CCC(OCCC3CCCC3)C2=O)nc1Cl. The van der Waals surface area contributed by atoms with Crippen LogP contribution in [0.2, 0.25) is 5.15 Å². The third-order valence-electron chi connectivity index (χ3n) is 5.21. The monoisotopic (exact) mass is 408 g/mol. The van der Waals surface area contributed by atoms with Gasteiger partial charge in [-0.2, -0.15) is 0 Å². The van der Waals surface area contributed by atoms with Gasteiger partial charge in [-0.15, -0.1) is 0 Å². The number of aromatic nitrogens is 1. The lowest BCUT2D eigenvalue weighted by atomic mass is 10.1. The summed E-state index contributed by atoms with van der Waals surface area (Å²) >= 11 is 6.19. The van der Waals surface area contributed by atoms with Gasteiger partial charge < -0.3 is 9.47 Å². The molecule has 7 heteroatoms. The minimum absolute atomic E-state index is 0.0325. The Bertz CT molecular complexity index is 726. The lowest BCUT2D eigenvalue weighted by Crippen LogP contribution is -2.32. The maximum absolute atomic E-state index is 12.7. The number of amides is 1. The maximum atomic E-state index is 12.7. The summed E-state index contributed by atoms with van der Waals surface area (Å²) in [6.45, 7) is 6.52. The predicted molar refractivity (Wildman–Crippen MR) is 108 cm³/mol. The Morgan fingerprint density at radius 2 is 1.96 bits per heavy atom. The molecule has 1 saturated heterocycles. The molecule has 1 aromatic rings. The van der Waals surface area contributed by atoms with Gasteiger partial charge in [0.05, 0.1) is 5.56 Å². The van der Waals surface area contributed by atoms with Crippen LogP contribution in [-0.4, -0.2) is 41.7 Å². The van der Waals surface area contributed by atoms with E-state index in [-0.39, 0.29) is 16.6 Å². The minimum Gasteiger partial charge on any atom is -0.456 e. The molecule has 0 spiro atoms. The Balaban J connectivity index is 1.58. The zero-order valence-electron chi connectivity index (χ0n) is 16.9. The Hall–Kier alpha value is -1.66. The van der Waals surface area contributed by atoms with Crippen LogP contribution in [0.1, 0.15) is 69.7 Å². The normalized spacial score (nSPS) is 20.8. The number of anilines is 1. The van der Waals surface area contributed by atoms with Crippen LogP contribution in [0.25, 0.3) is 0 Å². The van der Waals surface area contributed by atoms with Crippen LogP contribution in [0.5, 0.6) is 0 Å². The highest BCUT2D eigenvalue weighted by Crippen LogP contribution is 2.29. The fourth-order valence-electron chi connectivity index (χ4n) is 3.77. The molecule has 1 atom stereocenters. The topological polar surface area (TPSA) is 68.7 Å². The standard InChI is InChI=1S/C21H29ClN2O4/c1-21(2,3)28-20(26)15-8-9-17(23-18(15)22)24-12-10-16(19(24)25)27-13-11-14-6-4-5-7-14/h8-9,14,16H,4-7,10-13H2,1-3H3. The molecule has 1 aliphatic heterocycles. The van der Waals surface area contributed by atoms with Gasteiger partial charge in [0.2, 0.25) is 0 Å². The van der Waals surface area contributed by atoms with Crippen molar-refractivity contribution in [3.05, 3.63) is 22.8 Å². The van der Waals surface area contributed by atoms with Crippen LogP contribution in [-0.2, 0) is 14.3 Å². The molecule has 28 heavy (non-hydrogen) atoms. The summed E-state index contributed by atoms with van der Waals surface area (Å²) in [6.07, 6.45) is 6.42. The second kappa shape index (κ2) is 8.78. The van der Waals surface area contributed by atoms with Gasteiger partial charge in [0.1, 0.15) is 22.7 Å². The zero-order chi connectivity index (χ0) is 20.3. The van der Waals surface area contributed by atoms with Crippen LogP contribution in [0.4, 0.5) is 5.82 Å². The average Bonchev–Trinajstić information content (AvgIpc) is 3.24. The number of carbonyl (C=O) groups is 2. The number of rotatable bonds is 6. The molecular weight excluding hydrogens is 380 g/mol. The van der Waals surface area contributed by atoms with Gasteiger partial charge in [-0.05, 0) is 45.2 Å². The first kappa shape index (κ1) is 21.1. The number of pyridine rings is 1. The van der Waals surface area contributed by atoms with E-state index in [0.717, 1.165) is 12.3 Å². The lowest BCUT2D eigenvalue weighted by molar-refractivity contribution is -0.127. The summed E-state index contributed by atoms with van der Waals surface area (Å²) < 4.78 is 11.2. The number of esters is 1. The second-order valence-electron chi connectivity index (χ2n) is 8.59. The van der Waals surface area contributed by atoms with Crippen LogP contribution in [0, 0.1) is 5.92 Å². The summed E-state index contributed by atoms with van der Waals surface area (Å²) in [5.41, 5.74) is -0.427. The number of carbonyl (C=O) groups excluding carboxylic acids is 2. The first-order valence-corrected chi connectivity index (χ1v) is 10.5.